The molecule has 0 aromatic rings. The highest BCUT2D eigenvalue weighted by atomic mass is 32.1. The highest BCUT2D eigenvalue weighted by Crippen LogP contribution is 2.13. The summed E-state index contributed by atoms with van der Waals surface area (Å²) >= 11 is 7.44. The van der Waals surface area contributed by atoms with Gasteiger partial charge >= 0.3 is 0 Å². The van der Waals surface area contributed by atoms with Crippen LogP contribution >= 0.6 is 24.8 Å². The van der Waals surface area contributed by atoms with Crippen molar-refractivity contribution in [3.8, 4) is 0 Å². The molecule has 0 aliphatic rings. The van der Waals surface area contributed by atoms with Gasteiger partial charge in [-0.3, -0.25) is 4.79 Å². The fraction of sp³-hybridized carbons (Fsp3) is 0.913. The summed E-state index contributed by atoms with van der Waals surface area (Å²) in [5.41, 5.74) is 9.25. The van der Waals surface area contributed by atoms with Crippen LogP contribution in [0.3, 0.4) is 0 Å². The molecule has 0 bridgehead atoms. The molecule has 0 saturated heterocycles. The molecule has 5 nitrogen and oxygen atoms in total. The van der Waals surface area contributed by atoms with Gasteiger partial charge < -0.3 is 16.4 Å². The van der Waals surface area contributed by atoms with Crippen molar-refractivity contribution in [2.75, 3.05) is 6.61 Å². The van der Waals surface area contributed by atoms with Gasteiger partial charge in [-0.05, 0) is 18.6 Å². The van der Waals surface area contributed by atoms with Crippen LogP contribution in [0.2, 0.25) is 0 Å². The molecule has 0 heterocycles. The van der Waals surface area contributed by atoms with Crippen LogP contribution in [0.4, 0.5) is 4.79 Å². The fourth-order valence-corrected chi connectivity index (χ4v) is 2.85. The zero-order chi connectivity index (χ0) is 23.3. The Morgan fingerprint density at radius 3 is 1.13 bits per heavy atom. The summed E-state index contributed by atoms with van der Waals surface area (Å²) in [5.74, 6) is 0. The highest BCUT2D eigenvalue weighted by molar-refractivity contribution is 7.96. The Kier molecular flexibility index (Phi) is 37.6. The monoisotopic (exact) mass is 466 g/mol. The number of unbranched alkanes of at least 4 members (excludes halogenated alkanes) is 15. The van der Waals surface area contributed by atoms with Crippen molar-refractivity contribution in [2.45, 2.75) is 130 Å². The zero-order valence-electron chi connectivity index (χ0n) is 20.0. The van der Waals surface area contributed by atoms with Crippen molar-refractivity contribution in [1.29, 1.82) is 0 Å². The lowest BCUT2D eigenvalue weighted by molar-refractivity contribution is -0.220. The summed E-state index contributed by atoms with van der Waals surface area (Å²) in [5, 5.41) is -0.710. The second-order valence-corrected chi connectivity index (χ2v) is 8.36. The van der Waals surface area contributed by atoms with Crippen LogP contribution in [0.25, 0.3) is 0 Å². The van der Waals surface area contributed by atoms with Crippen LogP contribution in [-0.2, 0) is 9.78 Å². The number of hydrogen-bond donors (Lipinski definition) is 3. The number of thiocarbonyl (C=S) groups is 1. The lowest BCUT2D eigenvalue weighted by Gasteiger charge is -2.03. The second kappa shape index (κ2) is 33.1. The summed E-state index contributed by atoms with van der Waals surface area (Å²) in [6.07, 6.45) is 24.3. The Morgan fingerprint density at radius 1 is 0.667 bits per heavy atom. The van der Waals surface area contributed by atoms with Crippen molar-refractivity contribution in [3.63, 3.8) is 0 Å². The van der Waals surface area contributed by atoms with E-state index in [1.807, 2.05) is 6.92 Å². The Labute approximate surface area is 197 Å². The first-order valence-electron chi connectivity index (χ1n) is 12.0. The van der Waals surface area contributed by atoms with E-state index in [1.54, 1.807) is 0 Å². The van der Waals surface area contributed by atoms with Crippen LogP contribution in [0, 0.1) is 0 Å². The number of hydrogen-bond acceptors (Lipinski definition) is 4. The van der Waals surface area contributed by atoms with Gasteiger partial charge in [-0.2, -0.15) is 4.89 Å². The Balaban J connectivity index is -0.000000500. The van der Waals surface area contributed by atoms with Gasteiger partial charge in [0, 0.05) is 0 Å². The van der Waals surface area contributed by atoms with E-state index in [-0.39, 0.29) is 5.17 Å². The van der Waals surface area contributed by atoms with Crippen molar-refractivity contribution in [3.05, 3.63) is 0 Å². The van der Waals surface area contributed by atoms with Crippen LogP contribution in [0.15, 0.2) is 0 Å². The molecule has 30 heavy (non-hydrogen) atoms. The number of primary amides is 1. The molecular weight excluding hydrogens is 416 g/mol. The van der Waals surface area contributed by atoms with Gasteiger partial charge in [0.2, 0.25) is 0 Å². The first-order valence-corrected chi connectivity index (χ1v) is 12.8. The molecule has 0 radical (unpaired) electrons. The molecule has 0 atom stereocenters. The largest absolute Gasteiger partial charge is 0.361 e. The molecule has 4 N–H and O–H groups in total. The maximum atomic E-state index is 9.09. The molecule has 0 spiro atoms. The van der Waals surface area contributed by atoms with Crippen LogP contribution in [0.1, 0.15) is 130 Å². The maximum absolute atomic E-state index is 9.09. The van der Waals surface area contributed by atoms with Gasteiger partial charge in [-0.15, -0.1) is 0 Å². The van der Waals surface area contributed by atoms with Gasteiger partial charge in [0.05, 0.1) is 6.61 Å². The molecule has 182 valence electrons. The van der Waals surface area contributed by atoms with Crippen molar-refractivity contribution < 1.29 is 14.6 Å². The number of nitrogens with two attached hydrogens (primary N) is 2. The summed E-state index contributed by atoms with van der Waals surface area (Å²) < 4.78 is 0. The van der Waals surface area contributed by atoms with Gasteiger partial charge in [0.15, 0.2) is 0 Å². The number of amides is 1. The minimum Gasteiger partial charge on any atom is -0.361 e. The van der Waals surface area contributed by atoms with E-state index in [1.165, 1.54) is 103 Å². The first-order chi connectivity index (χ1) is 14.4. The van der Waals surface area contributed by atoms with Crippen LogP contribution < -0.4 is 11.5 Å². The van der Waals surface area contributed by atoms with E-state index in [0.29, 0.717) is 6.61 Å². The Hall–Kier alpha value is -0.530. The summed E-state index contributed by atoms with van der Waals surface area (Å²) in [4.78, 5) is 17.9. The molecule has 0 saturated carbocycles. The van der Waals surface area contributed by atoms with Gasteiger partial charge in [0.25, 0.3) is 10.4 Å². The van der Waals surface area contributed by atoms with Crippen LogP contribution in [0.5, 0.6) is 0 Å². The molecule has 0 aromatic carbocycles. The van der Waals surface area contributed by atoms with E-state index < -0.39 is 5.24 Å². The molecular formula is C23H50N2O3S2. The summed E-state index contributed by atoms with van der Waals surface area (Å²) in [6, 6.07) is 0. The molecule has 0 aliphatic heterocycles. The summed E-state index contributed by atoms with van der Waals surface area (Å²) in [6.45, 7) is 7.07. The van der Waals surface area contributed by atoms with Crippen molar-refractivity contribution in [1.82, 2.24) is 0 Å². The minimum atomic E-state index is -0.639. The molecule has 0 fully saturated rings. The topological polar surface area (TPSA) is 87.6 Å². The quantitative estimate of drug-likeness (QED) is 0.0629. The molecule has 1 amide bonds. The molecule has 0 aliphatic carbocycles. The SMILES string of the molecule is CCCCCCCCCCCCCCCCCC.CCCOOC(N)=S.NC(=O)S. The zero-order valence-corrected chi connectivity index (χ0v) is 21.7. The number of rotatable bonds is 18. The molecule has 0 unspecified atom stereocenters. The number of thiol groups is 1. The molecule has 0 aromatic heterocycles. The average Bonchev–Trinajstić information content (AvgIpc) is 2.68. The third kappa shape index (κ3) is 50.8. The van der Waals surface area contributed by atoms with Crippen LogP contribution in [-0.4, -0.2) is 17.0 Å². The molecule has 0 rings (SSSR count). The van der Waals surface area contributed by atoms with Gasteiger partial charge in [-0.1, -0.05) is 136 Å². The van der Waals surface area contributed by atoms with E-state index in [0.717, 1.165) is 6.42 Å². The molecule has 7 heteroatoms. The van der Waals surface area contributed by atoms with Crippen molar-refractivity contribution >= 4 is 35.3 Å². The Bertz CT molecular complexity index is 326. The number of carbonyl (C=O) groups is 1. The second-order valence-electron chi connectivity index (χ2n) is 7.51. The fourth-order valence-electron chi connectivity index (χ4n) is 2.80. The van der Waals surface area contributed by atoms with E-state index in [4.69, 9.17) is 10.5 Å². The van der Waals surface area contributed by atoms with E-state index in [2.05, 4.69) is 54.2 Å². The van der Waals surface area contributed by atoms with E-state index in [9.17, 15) is 0 Å². The number of carbonyl (C=O) groups excluding carboxylic acids is 1. The smallest absolute Gasteiger partial charge is 0.294 e. The highest BCUT2D eigenvalue weighted by Gasteiger charge is 1.93. The third-order valence-corrected chi connectivity index (χ3v) is 4.45. The maximum Gasteiger partial charge on any atom is 0.294 e. The predicted octanol–water partition coefficient (Wildman–Crippen LogP) is 7.85. The van der Waals surface area contributed by atoms with Gasteiger partial charge in [-0.25, -0.2) is 0 Å². The lowest BCUT2D eigenvalue weighted by atomic mass is 10.0. The lowest BCUT2D eigenvalue weighted by Crippen LogP contribution is -2.13. The predicted molar refractivity (Wildman–Crippen MR) is 138 cm³/mol. The standard InChI is InChI=1S/C18H38.C4H9NO2S.CH3NOS/c1-3-5-7-9-11-13-15-17-18-16-14-12-10-8-6-4-2;1-2-3-6-7-4(5)8;2-1(3)4/h3-18H2,1-2H3;2-3H2,1H3,(H2,5,8);(H3,2,3,4). The minimum absolute atomic E-state index is 0.0709. The van der Waals surface area contributed by atoms with Crippen molar-refractivity contribution in [2.24, 2.45) is 11.5 Å². The average molecular weight is 467 g/mol. The Morgan fingerprint density at radius 2 is 0.933 bits per heavy atom. The van der Waals surface area contributed by atoms with E-state index >= 15 is 0 Å². The third-order valence-electron chi connectivity index (χ3n) is 4.39. The first kappa shape index (κ1) is 34.1. The summed E-state index contributed by atoms with van der Waals surface area (Å²) in [7, 11) is 0. The normalized spacial score (nSPS) is 9.73. The van der Waals surface area contributed by atoms with Gasteiger partial charge in [0.1, 0.15) is 0 Å².